The first-order chi connectivity index (χ1) is 12.5. The minimum Gasteiger partial charge on any atom is -0.437 e. The van der Waals surface area contributed by atoms with Crippen LogP contribution >= 0.6 is 0 Å². The summed E-state index contributed by atoms with van der Waals surface area (Å²) in [7, 11) is 1.20. The van der Waals surface area contributed by atoms with E-state index in [0.29, 0.717) is 5.69 Å². The molecule has 0 aliphatic heterocycles. The summed E-state index contributed by atoms with van der Waals surface area (Å²) in [6, 6.07) is 9.61. The molecule has 5 N–H and O–H groups in total. The molecule has 0 spiro atoms. The molecule has 0 bridgehead atoms. The average molecular weight is 358 g/mol. The Morgan fingerprint density at radius 1 is 1.15 bits per heavy atom. The van der Waals surface area contributed by atoms with Crippen molar-refractivity contribution < 1.29 is 19.1 Å². The van der Waals surface area contributed by atoms with Crippen molar-refractivity contribution in [2.45, 2.75) is 6.42 Å². The predicted molar refractivity (Wildman–Crippen MR) is 94.6 cm³/mol. The minimum atomic E-state index is -0.869. The number of hydrogen-bond donors (Lipinski definition) is 3. The third-order valence-corrected chi connectivity index (χ3v) is 3.03. The molecule has 0 aliphatic carbocycles. The number of methoxy groups -OCH3 is 1. The fraction of sp³-hybridized carbons (Fsp3) is 0.188. The van der Waals surface area contributed by atoms with Gasteiger partial charge in [0.15, 0.2) is 11.6 Å². The van der Waals surface area contributed by atoms with Crippen LogP contribution in [0.3, 0.4) is 0 Å². The van der Waals surface area contributed by atoms with E-state index in [9.17, 15) is 9.59 Å². The number of rotatable bonds is 6. The Morgan fingerprint density at radius 2 is 1.88 bits per heavy atom. The van der Waals surface area contributed by atoms with E-state index in [-0.39, 0.29) is 41.9 Å². The van der Waals surface area contributed by atoms with Crippen LogP contribution in [0.25, 0.3) is 0 Å². The molecule has 10 heteroatoms. The monoisotopic (exact) mass is 358 g/mol. The highest BCUT2D eigenvalue weighted by Gasteiger charge is 2.09. The van der Waals surface area contributed by atoms with Crippen molar-refractivity contribution in [2.24, 2.45) is 16.0 Å². The van der Waals surface area contributed by atoms with E-state index < -0.39 is 6.16 Å². The van der Waals surface area contributed by atoms with Gasteiger partial charge in [-0.1, -0.05) is 12.1 Å². The predicted octanol–water partition coefficient (Wildman–Crippen LogP) is 2.51. The average Bonchev–Trinajstić information content (AvgIpc) is 2.62. The summed E-state index contributed by atoms with van der Waals surface area (Å²) in [5, 5.41) is 10.6. The number of carbonyl (C=O) groups is 2. The third-order valence-electron chi connectivity index (χ3n) is 3.03. The highest BCUT2D eigenvalue weighted by molar-refractivity contribution is 5.90. The van der Waals surface area contributed by atoms with Gasteiger partial charge >= 0.3 is 6.16 Å². The van der Waals surface area contributed by atoms with Crippen LogP contribution in [0.15, 0.2) is 46.6 Å². The maximum Gasteiger partial charge on any atom is 0.513 e. The van der Waals surface area contributed by atoms with Crippen LogP contribution in [0.1, 0.15) is 6.42 Å². The first kappa shape index (κ1) is 18.8. The molecule has 0 atom stereocenters. The van der Waals surface area contributed by atoms with Crippen LogP contribution in [-0.2, 0) is 9.53 Å². The number of para-hydroxylation sites is 1. The lowest BCUT2D eigenvalue weighted by Crippen LogP contribution is -2.17. The molecule has 1 aromatic heterocycles. The smallest absolute Gasteiger partial charge is 0.437 e. The number of ether oxygens (including phenoxy) is 2. The number of nitrogen functional groups attached to an aromatic ring is 1. The van der Waals surface area contributed by atoms with E-state index in [2.05, 4.69) is 25.3 Å². The molecule has 0 unspecified atom stereocenters. The Hall–Kier alpha value is -3.53. The number of carbonyl (C=O) groups excluding carboxylic acids is 2. The van der Waals surface area contributed by atoms with Gasteiger partial charge in [0.05, 0.1) is 7.11 Å². The molecule has 10 nitrogen and oxygen atoms in total. The maximum atomic E-state index is 11.5. The SMILES string of the molecule is COC(=O)Oc1ccccc1N=Nc1ccc(NC(=O)CCN)nc1N. The van der Waals surface area contributed by atoms with Crippen molar-refractivity contribution in [1.82, 2.24) is 4.98 Å². The summed E-state index contributed by atoms with van der Waals surface area (Å²) in [6.07, 6.45) is -0.688. The number of amides is 1. The van der Waals surface area contributed by atoms with E-state index in [1.807, 2.05) is 0 Å². The van der Waals surface area contributed by atoms with Crippen LogP contribution in [0, 0.1) is 0 Å². The van der Waals surface area contributed by atoms with Gasteiger partial charge < -0.3 is 26.3 Å². The van der Waals surface area contributed by atoms with Gasteiger partial charge in [0.1, 0.15) is 17.2 Å². The van der Waals surface area contributed by atoms with E-state index in [0.717, 1.165) is 0 Å². The number of nitrogens with one attached hydrogen (secondary N) is 1. The second kappa shape index (κ2) is 9.08. The molecular formula is C16H18N6O4. The summed E-state index contributed by atoms with van der Waals surface area (Å²) in [5.41, 5.74) is 11.7. The number of anilines is 2. The molecule has 1 heterocycles. The number of nitrogens with zero attached hydrogens (tertiary/aromatic N) is 3. The first-order valence-corrected chi connectivity index (χ1v) is 7.56. The topological polar surface area (TPSA) is 154 Å². The molecule has 1 amide bonds. The van der Waals surface area contributed by atoms with Crippen molar-refractivity contribution in [3.8, 4) is 5.75 Å². The largest absolute Gasteiger partial charge is 0.513 e. The number of benzene rings is 1. The van der Waals surface area contributed by atoms with E-state index in [4.69, 9.17) is 16.2 Å². The van der Waals surface area contributed by atoms with Crippen LogP contribution in [-0.4, -0.2) is 30.7 Å². The van der Waals surface area contributed by atoms with Gasteiger partial charge in [0.2, 0.25) is 5.91 Å². The number of nitrogens with two attached hydrogens (primary N) is 2. The van der Waals surface area contributed by atoms with Crippen molar-refractivity contribution in [2.75, 3.05) is 24.7 Å². The molecule has 2 rings (SSSR count). The van der Waals surface area contributed by atoms with Crippen LogP contribution in [0.2, 0.25) is 0 Å². The summed E-state index contributed by atoms with van der Waals surface area (Å²) < 4.78 is 9.43. The summed E-state index contributed by atoms with van der Waals surface area (Å²) in [6.45, 7) is 0.237. The van der Waals surface area contributed by atoms with E-state index >= 15 is 0 Å². The number of azo groups is 1. The second-order valence-electron chi connectivity index (χ2n) is 4.91. The zero-order valence-electron chi connectivity index (χ0n) is 14.0. The number of hydrogen-bond acceptors (Lipinski definition) is 9. The van der Waals surface area contributed by atoms with Gasteiger partial charge in [-0.05, 0) is 24.3 Å². The fourth-order valence-electron chi connectivity index (χ4n) is 1.82. The Morgan fingerprint density at radius 3 is 2.58 bits per heavy atom. The standard InChI is InChI=1S/C16H18N6O4/c1-25-16(24)26-12-5-3-2-4-10(12)21-22-11-6-7-13(20-15(11)18)19-14(23)8-9-17/h2-7H,8-9,17H2,1H3,(H3,18,19,20,23). The molecule has 2 aromatic rings. The zero-order valence-corrected chi connectivity index (χ0v) is 14.0. The maximum absolute atomic E-state index is 11.5. The molecule has 0 saturated carbocycles. The lowest BCUT2D eigenvalue weighted by Gasteiger charge is -2.06. The lowest BCUT2D eigenvalue weighted by molar-refractivity contribution is -0.116. The van der Waals surface area contributed by atoms with Crippen molar-refractivity contribution >= 4 is 35.1 Å². The highest BCUT2D eigenvalue weighted by atomic mass is 16.7. The van der Waals surface area contributed by atoms with Gasteiger partial charge in [-0.15, -0.1) is 10.2 Å². The van der Waals surface area contributed by atoms with Crippen LogP contribution < -0.4 is 21.5 Å². The molecule has 0 radical (unpaired) electrons. The Labute approximate surface area is 149 Å². The van der Waals surface area contributed by atoms with Gasteiger partial charge in [-0.2, -0.15) is 0 Å². The lowest BCUT2D eigenvalue weighted by atomic mass is 10.3. The van der Waals surface area contributed by atoms with Gasteiger partial charge in [0, 0.05) is 13.0 Å². The zero-order chi connectivity index (χ0) is 18.9. The quantitative estimate of drug-likeness (QED) is 0.407. The molecule has 26 heavy (non-hydrogen) atoms. The fourth-order valence-corrected chi connectivity index (χ4v) is 1.82. The molecule has 1 aromatic carbocycles. The molecule has 0 saturated heterocycles. The van der Waals surface area contributed by atoms with Crippen molar-refractivity contribution in [3.05, 3.63) is 36.4 Å². The molecule has 0 aliphatic rings. The molecular weight excluding hydrogens is 340 g/mol. The Bertz CT molecular complexity index is 824. The highest BCUT2D eigenvalue weighted by Crippen LogP contribution is 2.30. The van der Waals surface area contributed by atoms with Crippen LogP contribution in [0.5, 0.6) is 5.75 Å². The van der Waals surface area contributed by atoms with Crippen molar-refractivity contribution in [1.29, 1.82) is 0 Å². The molecule has 136 valence electrons. The van der Waals surface area contributed by atoms with Crippen molar-refractivity contribution in [3.63, 3.8) is 0 Å². The van der Waals surface area contributed by atoms with E-state index in [1.54, 1.807) is 30.3 Å². The summed E-state index contributed by atoms with van der Waals surface area (Å²) in [5.74, 6) is 0.281. The van der Waals surface area contributed by atoms with Crippen LogP contribution in [0.4, 0.5) is 27.8 Å². The summed E-state index contributed by atoms with van der Waals surface area (Å²) >= 11 is 0. The van der Waals surface area contributed by atoms with Gasteiger partial charge in [0.25, 0.3) is 0 Å². The van der Waals surface area contributed by atoms with Gasteiger partial charge in [-0.25, -0.2) is 9.78 Å². The van der Waals surface area contributed by atoms with Gasteiger partial charge in [-0.3, -0.25) is 4.79 Å². The first-order valence-electron chi connectivity index (χ1n) is 7.56. The molecule has 0 fully saturated rings. The van der Waals surface area contributed by atoms with E-state index in [1.165, 1.54) is 13.2 Å². The second-order valence-corrected chi connectivity index (χ2v) is 4.91. The third kappa shape index (κ3) is 5.24. The normalized spacial score (nSPS) is 10.5. The Kier molecular flexibility index (Phi) is 6.57. The number of aromatic nitrogens is 1. The minimum absolute atomic E-state index is 0.0747. The summed E-state index contributed by atoms with van der Waals surface area (Å²) in [4.78, 5) is 26.8. The number of pyridine rings is 1. The Balaban J connectivity index is 2.16.